The molecule has 0 radical (unpaired) electrons. The minimum absolute atomic E-state index is 0.0115. The summed E-state index contributed by atoms with van der Waals surface area (Å²) in [7, 11) is 0. The molecular weight excluding hydrogens is 456 g/mol. The molecule has 1 saturated heterocycles. The molecule has 1 saturated carbocycles. The summed E-state index contributed by atoms with van der Waals surface area (Å²) < 4.78 is 11.7. The Labute approximate surface area is 211 Å². The maximum absolute atomic E-state index is 13.9. The summed E-state index contributed by atoms with van der Waals surface area (Å²) in [6, 6.07) is 15.4. The number of hydrogen-bond donors (Lipinski definition) is 0. The first-order valence-corrected chi connectivity index (χ1v) is 12.7. The van der Waals surface area contributed by atoms with Gasteiger partial charge in [-0.3, -0.25) is 14.6 Å². The number of amides is 2. The number of carbonyl (C=O) groups excluding carboxylic acids is 2. The number of benzene rings is 1. The third kappa shape index (κ3) is 5.33. The molecule has 36 heavy (non-hydrogen) atoms. The van der Waals surface area contributed by atoms with Crippen molar-refractivity contribution in [2.24, 2.45) is 0 Å². The van der Waals surface area contributed by atoms with Gasteiger partial charge >= 0.3 is 0 Å². The van der Waals surface area contributed by atoms with Crippen molar-refractivity contribution in [2.75, 3.05) is 19.6 Å². The molecule has 1 aliphatic heterocycles. The molecule has 1 unspecified atom stereocenters. The highest BCUT2D eigenvalue weighted by Gasteiger charge is 2.37. The lowest BCUT2D eigenvalue weighted by atomic mass is 9.94. The van der Waals surface area contributed by atoms with Crippen LogP contribution in [-0.4, -0.2) is 63.5 Å². The molecule has 1 aliphatic carbocycles. The van der Waals surface area contributed by atoms with Gasteiger partial charge in [0.25, 0.3) is 5.91 Å². The van der Waals surface area contributed by atoms with Crippen LogP contribution in [-0.2, 0) is 16.1 Å². The van der Waals surface area contributed by atoms with E-state index in [2.05, 4.69) is 10.1 Å². The Kier molecular flexibility index (Phi) is 7.41. The van der Waals surface area contributed by atoms with Gasteiger partial charge in [-0.05, 0) is 31.9 Å². The summed E-state index contributed by atoms with van der Waals surface area (Å²) in [5.74, 6) is 0.137. The Morgan fingerprint density at radius 2 is 1.83 bits per heavy atom. The number of ether oxygens (including phenoxy) is 1. The predicted octanol–water partition coefficient (Wildman–Crippen LogP) is 4.25. The van der Waals surface area contributed by atoms with Crippen molar-refractivity contribution >= 4 is 11.8 Å². The number of carbonyl (C=O) groups is 2. The van der Waals surface area contributed by atoms with Crippen molar-refractivity contribution < 1.29 is 18.8 Å². The second-order valence-electron chi connectivity index (χ2n) is 9.61. The maximum Gasteiger partial charge on any atom is 0.260 e. The van der Waals surface area contributed by atoms with E-state index in [1.54, 1.807) is 18.0 Å². The van der Waals surface area contributed by atoms with Gasteiger partial charge in [-0.1, -0.05) is 60.8 Å². The van der Waals surface area contributed by atoms with Crippen molar-refractivity contribution in [1.82, 2.24) is 19.9 Å². The number of pyridine rings is 1. The molecule has 3 heterocycles. The highest BCUT2D eigenvalue weighted by Crippen LogP contribution is 2.29. The Hall–Kier alpha value is -3.52. The second-order valence-corrected chi connectivity index (χ2v) is 9.61. The first-order valence-electron chi connectivity index (χ1n) is 12.7. The monoisotopic (exact) mass is 488 g/mol. The molecule has 8 nitrogen and oxygen atoms in total. The zero-order chi connectivity index (χ0) is 24.9. The second kappa shape index (κ2) is 11.0. The van der Waals surface area contributed by atoms with Gasteiger partial charge in [-0.15, -0.1) is 0 Å². The highest BCUT2D eigenvalue weighted by atomic mass is 16.5. The predicted molar refractivity (Wildman–Crippen MR) is 134 cm³/mol. The lowest BCUT2D eigenvalue weighted by molar-refractivity contribution is -0.134. The third-order valence-electron chi connectivity index (χ3n) is 7.09. The van der Waals surface area contributed by atoms with Gasteiger partial charge in [0, 0.05) is 30.9 Å². The first-order chi connectivity index (χ1) is 17.6. The molecule has 8 heteroatoms. The molecule has 2 amide bonds. The molecule has 3 aromatic rings. The molecule has 1 aromatic carbocycles. The summed E-state index contributed by atoms with van der Waals surface area (Å²) in [5, 5.41) is 4.17. The minimum Gasteiger partial charge on any atom is -0.368 e. The van der Waals surface area contributed by atoms with Crippen LogP contribution in [0.5, 0.6) is 0 Å². The Balaban J connectivity index is 1.41. The van der Waals surface area contributed by atoms with Crippen LogP contribution in [0.4, 0.5) is 0 Å². The molecule has 0 bridgehead atoms. The SMILES string of the molecule is Cc1onc(-c2ccccc2)c1C(=O)N1CC(=O)N(C2CCCCC2)CC(OCc2ccccn2)C1. The third-order valence-corrected chi connectivity index (χ3v) is 7.09. The van der Waals surface area contributed by atoms with Crippen LogP contribution >= 0.6 is 0 Å². The summed E-state index contributed by atoms with van der Waals surface area (Å²) >= 11 is 0. The molecule has 1 atom stereocenters. The highest BCUT2D eigenvalue weighted by molar-refractivity contribution is 6.02. The van der Waals surface area contributed by atoms with Gasteiger partial charge in [-0.2, -0.15) is 0 Å². The van der Waals surface area contributed by atoms with E-state index in [0.29, 0.717) is 36.7 Å². The molecule has 5 rings (SSSR count). The van der Waals surface area contributed by atoms with E-state index in [1.165, 1.54) is 6.42 Å². The van der Waals surface area contributed by atoms with E-state index in [0.717, 1.165) is 36.9 Å². The fraction of sp³-hybridized carbons (Fsp3) is 0.429. The van der Waals surface area contributed by atoms with Crippen LogP contribution in [0.3, 0.4) is 0 Å². The van der Waals surface area contributed by atoms with Gasteiger partial charge in [-0.25, -0.2) is 0 Å². The number of rotatable bonds is 6. The smallest absolute Gasteiger partial charge is 0.260 e. The summed E-state index contributed by atoms with van der Waals surface area (Å²) in [6.07, 6.45) is 6.85. The van der Waals surface area contributed by atoms with Crippen molar-refractivity contribution in [3.05, 3.63) is 71.7 Å². The molecular formula is C28H32N4O4. The van der Waals surface area contributed by atoms with Gasteiger partial charge in [0.1, 0.15) is 23.6 Å². The normalized spacial score (nSPS) is 19.4. The van der Waals surface area contributed by atoms with Crippen LogP contribution in [0.2, 0.25) is 0 Å². The Morgan fingerprint density at radius 3 is 2.58 bits per heavy atom. The number of aromatic nitrogens is 2. The maximum atomic E-state index is 13.9. The van der Waals surface area contributed by atoms with E-state index >= 15 is 0 Å². The van der Waals surface area contributed by atoms with E-state index in [9.17, 15) is 9.59 Å². The quantitative estimate of drug-likeness (QED) is 0.516. The van der Waals surface area contributed by atoms with E-state index in [-0.39, 0.29) is 30.5 Å². The standard InChI is InChI=1S/C28H32N4O4/c1-20-26(27(30-36-20)21-10-4-2-5-11-21)28(34)31-16-24(35-19-22-12-8-9-15-29-22)17-32(25(33)18-31)23-13-6-3-7-14-23/h2,4-5,8-12,15,23-24H,3,6-7,13-14,16-19H2,1H3. The minimum atomic E-state index is -0.329. The average molecular weight is 489 g/mol. The Bertz CT molecular complexity index is 1170. The molecule has 2 aromatic heterocycles. The number of aryl methyl sites for hydroxylation is 1. The van der Waals surface area contributed by atoms with E-state index in [1.807, 2.05) is 53.4 Å². The average Bonchev–Trinajstić information content (AvgIpc) is 3.22. The zero-order valence-electron chi connectivity index (χ0n) is 20.6. The van der Waals surface area contributed by atoms with Gasteiger partial charge < -0.3 is 19.1 Å². The first kappa shape index (κ1) is 24.2. The molecule has 2 aliphatic rings. The Morgan fingerprint density at radius 1 is 1.06 bits per heavy atom. The lowest BCUT2D eigenvalue weighted by Crippen LogP contribution is -2.46. The van der Waals surface area contributed by atoms with Gasteiger partial charge in [0.05, 0.1) is 18.4 Å². The lowest BCUT2D eigenvalue weighted by Gasteiger charge is -2.34. The van der Waals surface area contributed by atoms with Gasteiger partial charge in [0.2, 0.25) is 5.91 Å². The van der Waals surface area contributed by atoms with Crippen LogP contribution < -0.4 is 0 Å². The largest absolute Gasteiger partial charge is 0.368 e. The topological polar surface area (TPSA) is 88.8 Å². The van der Waals surface area contributed by atoms with E-state index < -0.39 is 0 Å². The summed E-state index contributed by atoms with van der Waals surface area (Å²) in [6.45, 7) is 2.84. The van der Waals surface area contributed by atoms with E-state index in [4.69, 9.17) is 9.26 Å². The fourth-order valence-corrected chi connectivity index (χ4v) is 5.21. The van der Waals surface area contributed by atoms with Crippen LogP contribution in [0.15, 0.2) is 59.3 Å². The summed E-state index contributed by atoms with van der Waals surface area (Å²) in [5.41, 5.74) is 2.50. The van der Waals surface area contributed by atoms with Crippen molar-refractivity contribution in [3.8, 4) is 11.3 Å². The molecule has 0 spiro atoms. The van der Waals surface area contributed by atoms with Crippen LogP contribution in [0, 0.1) is 6.92 Å². The van der Waals surface area contributed by atoms with Crippen molar-refractivity contribution in [3.63, 3.8) is 0 Å². The number of nitrogens with zero attached hydrogens (tertiary/aromatic N) is 4. The van der Waals surface area contributed by atoms with Crippen LogP contribution in [0.1, 0.15) is 53.9 Å². The van der Waals surface area contributed by atoms with Crippen molar-refractivity contribution in [2.45, 2.75) is 57.8 Å². The number of hydrogen-bond acceptors (Lipinski definition) is 6. The van der Waals surface area contributed by atoms with Gasteiger partial charge in [0.15, 0.2) is 0 Å². The molecule has 0 N–H and O–H groups in total. The van der Waals surface area contributed by atoms with Crippen LogP contribution in [0.25, 0.3) is 11.3 Å². The molecule has 2 fully saturated rings. The molecule has 188 valence electrons. The fourth-order valence-electron chi connectivity index (χ4n) is 5.21. The zero-order valence-corrected chi connectivity index (χ0v) is 20.6. The van der Waals surface area contributed by atoms with Crippen molar-refractivity contribution in [1.29, 1.82) is 0 Å². The summed E-state index contributed by atoms with van der Waals surface area (Å²) in [4.78, 5) is 35.3.